The van der Waals surface area contributed by atoms with E-state index in [0.717, 1.165) is 55.1 Å². The monoisotopic (exact) mass is 389 g/mol. The Kier molecular flexibility index (Phi) is 5.40. The third kappa shape index (κ3) is 4.05. The number of piperazine rings is 1. The lowest BCUT2D eigenvalue weighted by Crippen LogP contribution is -2.48. The topological polar surface area (TPSA) is 101 Å². The van der Waals surface area contributed by atoms with E-state index in [2.05, 4.69) is 36.1 Å². The van der Waals surface area contributed by atoms with Crippen molar-refractivity contribution >= 4 is 22.6 Å². The Hall–Kier alpha value is -3.44. The Bertz CT molecular complexity index is 1060. The first-order chi connectivity index (χ1) is 14.2. The number of fused-ring (bicyclic) bond motifs is 1. The van der Waals surface area contributed by atoms with Gasteiger partial charge in [-0.15, -0.1) is 0 Å². The van der Waals surface area contributed by atoms with Gasteiger partial charge < -0.3 is 15.2 Å². The van der Waals surface area contributed by atoms with E-state index in [0.29, 0.717) is 17.8 Å². The molecule has 1 fully saturated rings. The number of amides is 1. The molecule has 4 heterocycles. The maximum Gasteiger partial charge on any atom is 0.270 e. The van der Waals surface area contributed by atoms with Crippen LogP contribution in [0.15, 0.2) is 36.7 Å². The number of nitriles is 1. The van der Waals surface area contributed by atoms with Crippen molar-refractivity contribution in [2.45, 2.75) is 6.92 Å². The Morgan fingerprint density at radius 1 is 1.24 bits per heavy atom. The van der Waals surface area contributed by atoms with Crippen molar-refractivity contribution in [3.05, 3.63) is 53.6 Å². The van der Waals surface area contributed by atoms with Gasteiger partial charge in [-0.3, -0.25) is 14.7 Å². The second-order valence-electron chi connectivity index (χ2n) is 7.10. The molecule has 0 spiro atoms. The molecule has 1 saturated heterocycles. The van der Waals surface area contributed by atoms with Crippen LogP contribution in [0.3, 0.4) is 0 Å². The number of carbonyl (C=O) groups excluding carboxylic acids is 1. The number of pyridine rings is 2. The van der Waals surface area contributed by atoms with E-state index in [1.807, 2.05) is 37.4 Å². The van der Waals surface area contributed by atoms with Gasteiger partial charge in [0.05, 0.1) is 11.3 Å². The van der Waals surface area contributed by atoms with Gasteiger partial charge >= 0.3 is 0 Å². The van der Waals surface area contributed by atoms with Crippen molar-refractivity contribution in [1.29, 1.82) is 5.26 Å². The first-order valence-electron chi connectivity index (χ1n) is 9.71. The molecule has 0 aliphatic carbocycles. The molecule has 0 aromatic carbocycles. The van der Waals surface area contributed by atoms with Crippen molar-refractivity contribution in [3.63, 3.8) is 0 Å². The van der Waals surface area contributed by atoms with Gasteiger partial charge in [-0.2, -0.15) is 5.26 Å². The number of H-pyrrole nitrogens is 1. The van der Waals surface area contributed by atoms with Gasteiger partial charge in [0.1, 0.15) is 17.6 Å². The fourth-order valence-electron chi connectivity index (χ4n) is 3.62. The van der Waals surface area contributed by atoms with Crippen LogP contribution in [-0.2, 0) is 0 Å². The Balaban J connectivity index is 1.26. The zero-order chi connectivity index (χ0) is 20.2. The molecule has 4 rings (SSSR count). The number of rotatable bonds is 5. The highest BCUT2D eigenvalue weighted by molar-refractivity contribution is 6.04. The number of aromatic amines is 1. The molecule has 1 amide bonds. The molecule has 148 valence electrons. The number of aromatic nitrogens is 3. The predicted molar refractivity (Wildman–Crippen MR) is 111 cm³/mol. The van der Waals surface area contributed by atoms with Crippen LogP contribution in [0.5, 0.6) is 0 Å². The van der Waals surface area contributed by atoms with Crippen LogP contribution in [0.1, 0.15) is 21.7 Å². The van der Waals surface area contributed by atoms with Crippen LogP contribution >= 0.6 is 0 Å². The van der Waals surface area contributed by atoms with Gasteiger partial charge in [0.25, 0.3) is 5.91 Å². The first-order valence-corrected chi connectivity index (χ1v) is 9.71. The Labute approximate surface area is 169 Å². The van der Waals surface area contributed by atoms with Crippen molar-refractivity contribution < 1.29 is 4.79 Å². The van der Waals surface area contributed by atoms with Crippen LogP contribution in [0.25, 0.3) is 10.9 Å². The van der Waals surface area contributed by atoms with Gasteiger partial charge in [0.15, 0.2) is 0 Å². The number of aryl methyl sites for hydroxylation is 1. The fourth-order valence-corrected chi connectivity index (χ4v) is 3.62. The number of hydrogen-bond donors (Lipinski definition) is 2. The minimum atomic E-state index is -0.147. The summed E-state index contributed by atoms with van der Waals surface area (Å²) in [4.78, 5) is 28.9. The van der Waals surface area contributed by atoms with E-state index in [9.17, 15) is 4.79 Å². The molecule has 1 aliphatic heterocycles. The molecule has 3 aromatic heterocycles. The number of anilines is 1. The third-order valence-electron chi connectivity index (χ3n) is 5.30. The van der Waals surface area contributed by atoms with Crippen LogP contribution in [0.2, 0.25) is 0 Å². The Morgan fingerprint density at radius 2 is 2.07 bits per heavy atom. The average Bonchev–Trinajstić information content (AvgIpc) is 3.23. The summed E-state index contributed by atoms with van der Waals surface area (Å²) >= 11 is 0. The molecule has 8 heteroatoms. The van der Waals surface area contributed by atoms with Gasteiger partial charge in [0, 0.05) is 62.6 Å². The van der Waals surface area contributed by atoms with E-state index < -0.39 is 0 Å². The SMILES string of the molecule is Cc1nc(N2CCN(CCNC(=O)c3nccc4[nH]ccc34)CC2)ccc1C#N. The van der Waals surface area contributed by atoms with Crippen LogP contribution in [0, 0.1) is 18.3 Å². The smallest absolute Gasteiger partial charge is 0.270 e. The summed E-state index contributed by atoms with van der Waals surface area (Å²) in [7, 11) is 0. The maximum absolute atomic E-state index is 12.5. The average molecular weight is 389 g/mol. The minimum absolute atomic E-state index is 0.147. The predicted octanol–water partition coefficient (Wildman–Crippen LogP) is 1.69. The maximum atomic E-state index is 12.5. The largest absolute Gasteiger partial charge is 0.361 e. The van der Waals surface area contributed by atoms with E-state index in [1.165, 1.54) is 0 Å². The van der Waals surface area contributed by atoms with Crippen molar-refractivity contribution in [1.82, 2.24) is 25.2 Å². The van der Waals surface area contributed by atoms with Crippen LogP contribution < -0.4 is 10.2 Å². The lowest BCUT2D eigenvalue weighted by atomic mass is 10.2. The normalized spacial score (nSPS) is 14.7. The molecule has 0 saturated carbocycles. The highest BCUT2D eigenvalue weighted by Crippen LogP contribution is 2.17. The summed E-state index contributed by atoms with van der Waals surface area (Å²) in [6, 6.07) is 9.63. The second-order valence-corrected chi connectivity index (χ2v) is 7.10. The lowest BCUT2D eigenvalue weighted by molar-refractivity contribution is 0.0944. The second kappa shape index (κ2) is 8.29. The molecule has 0 unspecified atom stereocenters. The molecule has 29 heavy (non-hydrogen) atoms. The van der Waals surface area contributed by atoms with Crippen molar-refractivity contribution in [3.8, 4) is 6.07 Å². The number of carbonyl (C=O) groups is 1. The highest BCUT2D eigenvalue weighted by atomic mass is 16.1. The summed E-state index contributed by atoms with van der Waals surface area (Å²) in [5, 5.41) is 12.9. The summed E-state index contributed by atoms with van der Waals surface area (Å²) in [5.41, 5.74) is 2.75. The van der Waals surface area contributed by atoms with Crippen LogP contribution in [0.4, 0.5) is 5.82 Å². The van der Waals surface area contributed by atoms with E-state index >= 15 is 0 Å². The fraction of sp³-hybridized carbons (Fsp3) is 0.333. The zero-order valence-electron chi connectivity index (χ0n) is 16.4. The summed E-state index contributed by atoms with van der Waals surface area (Å²) < 4.78 is 0. The molecule has 0 bridgehead atoms. The van der Waals surface area contributed by atoms with Gasteiger partial charge in [0.2, 0.25) is 0 Å². The quantitative estimate of drug-likeness (QED) is 0.689. The molecule has 0 radical (unpaired) electrons. The van der Waals surface area contributed by atoms with Gasteiger partial charge in [-0.05, 0) is 31.2 Å². The van der Waals surface area contributed by atoms with Crippen LogP contribution in [-0.4, -0.2) is 65.0 Å². The molecule has 3 aromatic rings. The lowest BCUT2D eigenvalue weighted by Gasteiger charge is -2.35. The number of hydrogen-bond acceptors (Lipinski definition) is 6. The zero-order valence-corrected chi connectivity index (χ0v) is 16.4. The molecule has 8 nitrogen and oxygen atoms in total. The van der Waals surface area contributed by atoms with Gasteiger partial charge in [-0.1, -0.05) is 0 Å². The molecular formula is C21H23N7O. The van der Waals surface area contributed by atoms with E-state index in [1.54, 1.807) is 6.20 Å². The molecule has 1 aliphatic rings. The minimum Gasteiger partial charge on any atom is -0.361 e. The highest BCUT2D eigenvalue weighted by Gasteiger charge is 2.19. The molecule has 2 N–H and O–H groups in total. The standard InChI is InChI=1S/C21H23N7O/c1-15-16(14-22)2-3-19(26-15)28-12-10-27(11-13-28)9-8-25-21(29)20-17-4-6-23-18(17)5-7-24-20/h2-7,23H,8-13H2,1H3,(H,25,29). The van der Waals surface area contributed by atoms with E-state index in [4.69, 9.17) is 5.26 Å². The first kappa shape index (κ1) is 18.9. The number of nitrogens with one attached hydrogen (secondary N) is 2. The summed E-state index contributed by atoms with van der Waals surface area (Å²) in [6.07, 6.45) is 3.46. The molecule has 0 atom stereocenters. The van der Waals surface area contributed by atoms with Gasteiger partial charge in [-0.25, -0.2) is 4.98 Å². The van der Waals surface area contributed by atoms with Crippen molar-refractivity contribution in [2.24, 2.45) is 0 Å². The third-order valence-corrected chi connectivity index (χ3v) is 5.30. The Morgan fingerprint density at radius 3 is 2.83 bits per heavy atom. The molecular weight excluding hydrogens is 366 g/mol. The van der Waals surface area contributed by atoms with Crippen molar-refractivity contribution in [2.75, 3.05) is 44.2 Å². The summed E-state index contributed by atoms with van der Waals surface area (Å²) in [5.74, 6) is 0.770. The van der Waals surface area contributed by atoms with E-state index in [-0.39, 0.29) is 5.91 Å². The number of nitrogens with zero attached hydrogens (tertiary/aromatic N) is 5. The summed E-state index contributed by atoms with van der Waals surface area (Å²) in [6.45, 7) is 6.79.